The number of aromatic amines is 1. The Hall–Kier alpha value is -5.62. The summed E-state index contributed by atoms with van der Waals surface area (Å²) in [5.74, 6) is 0.557. The molecule has 7 aromatic rings. The van der Waals surface area contributed by atoms with Gasteiger partial charge in [0.05, 0.1) is 41.0 Å². The van der Waals surface area contributed by atoms with Gasteiger partial charge in [-0.25, -0.2) is 4.98 Å². The molecule has 0 fully saturated rings. The van der Waals surface area contributed by atoms with Gasteiger partial charge in [-0.15, -0.1) is 0 Å². The first-order valence-corrected chi connectivity index (χ1v) is 15.5. The highest BCUT2D eigenvalue weighted by Gasteiger charge is 2.24. The highest BCUT2D eigenvalue weighted by atomic mass is 32.1. The summed E-state index contributed by atoms with van der Waals surface area (Å²) in [4.78, 5) is 49.5. The highest BCUT2D eigenvalue weighted by Crippen LogP contribution is 2.30. The normalized spacial score (nSPS) is 11.5. The van der Waals surface area contributed by atoms with E-state index in [4.69, 9.17) is 14.5 Å². The Balaban J connectivity index is 1.33. The Morgan fingerprint density at radius 1 is 1.00 bits per heavy atom. The summed E-state index contributed by atoms with van der Waals surface area (Å²) in [5, 5.41) is 4.71. The van der Waals surface area contributed by atoms with Crippen molar-refractivity contribution in [3.05, 3.63) is 111 Å². The third-order valence-electron chi connectivity index (χ3n) is 8.19. The molecule has 46 heavy (non-hydrogen) atoms. The molecule has 0 bridgehead atoms. The number of carbonyl (C=O) groups excluding carboxylic acids is 1. The molecule has 4 aromatic heterocycles. The van der Waals surface area contributed by atoms with Gasteiger partial charge in [0.2, 0.25) is 11.0 Å². The quantitative estimate of drug-likeness (QED) is 0.224. The van der Waals surface area contributed by atoms with Gasteiger partial charge >= 0.3 is 0 Å². The number of benzene rings is 3. The summed E-state index contributed by atoms with van der Waals surface area (Å²) in [6.07, 6.45) is 2.55. The lowest BCUT2D eigenvalue weighted by atomic mass is 10.1. The summed E-state index contributed by atoms with van der Waals surface area (Å²) in [5.41, 5.74) is 3.49. The van der Waals surface area contributed by atoms with E-state index in [2.05, 4.69) is 10.3 Å². The zero-order chi connectivity index (χ0) is 31.9. The van der Waals surface area contributed by atoms with Gasteiger partial charge < -0.3 is 24.3 Å². The summed E-state index contributed by atoms with van der Waals surface area (Å²) in [6, 6.07) is 22.1. The van der Waals surface area contributed by atoms with Crippen molar-refractivity contribution in [1.29, 1.82) is 0 Å². The van der Waals surface area contributed by atoms with Crippen LogP contribution in [0.2, 0.25) is 0 Å². The molecule has 11 nitrogen and oxygen atoms in total. The van der Waals surface area contributed by atoms with Crippen LogP contribution in [0, 0.1) is 6.92 Å². The van der Waals surface area contributed by atoms with E-state index in [1.807, 2.05) is 54.7 Å². The molecule has 0 atom stereocenters. The Morgan fingerprint density at radius 3 is 2.61 bits per heavy atom. The fraction of sp³-hybridized carbons (Fsp3) is 0.176. The fourth-order valence-electron chi connectivity index (χ4n) is 5.93. The molecule has 0 saturated carbocycles. The number of fused-ring (bicyclic) bond motifs is 3. The zero-order valence-corrected chi connectivity index (χ0v) is 26.2. The fourth-order valence-corrected chi connectivity index (χ4v) is 6.90. The molecule has 12 heteroatoms. The Morgan fingerprint density at radius 2 is 1.80 bits per heavy atom. The number of hydrogen-bond acceptors (Lipinski definition) is 7. The summed E-state index contributed by atoms with van der Waals surface area (Å²) >= 11 is 1.33. The number of pyridine rings is 1. The molecule has 0 saturated heterocycles. The zero-order valence-electron chi connectivity index (χ0n) is 25.4. The van der Waals surface area contributed by atoms with Crippen molar-refractivity contribution in [2.45, 2.75) is 26.4 Å². The molecular weight excluding hydrogens is 604 g/mol. The average Bonchev–Trinajstić information content (AvgIpc) is 3.74. The Bertz CT molecular complexity index is 2360. The van der Waals surface area contributed by atoms with Crippen molar-refractivity contribution in [3.63, 3.8) is 0 Å². The summed E-state index contributed by atoms with van der Waals surface area (Å²) < 4.78 is 16.2. The largest absolute Gasteiger partial charge is 0.497 e. The minimum Gasteiger partial charge on any atom is -0.497 e. The van der Waals surface area contributed by atoms with Gasteiger partial charge in [-0.3, -0.25) is 19.1 Å². The van der Waals surface area contributed by atoms with Crippen molar-refractivity contribution in [1.82, 2.24) is 23.9 Å². The molecule has 4 heterocycles. The predicted octanol–water partition coefficient (Wildman–Crippen LogP) is 5.25. The lowest BCUT2D eigenvalue weighted by Crippen LogP contribution is -2.27. The Kier molecular flexibility index (Phi) is 7.41. The van der Waals surface area contributed by atoms with Gasteiger partial charge in [0.15, 0.2) is 0 Å². The van der Waals surface area contributed by atoms with E-state index in [1.165, 1.54) is 41.0 Å². The molecule has 7 rings (SSSR count). The highest BCUT2D eigenvalue weighted by molar-refractivity contribution is 7.20. The molecule has 0 aliphatic rings. The van der Waals surface area contributed by atoms with E-state index in [0.717, 1.165) is 26.7 Å². The van der Waals surface area contributed by atoms with Crippen LogP contribution in [0.15, 0.2) is 88.6 Å². The molecule has 232 valence electrons. The minimum atomic E-state index is -0.431. The van der Waals surface area contributed by atoms with E-state index < -0.39 is 5.91 Å². The van der Waals surface area contributed by atoms with Crippen LogP contribution in [-0.2, 0) is 24.3 Å². The first-order valence-electron chi connectivity index (χ1n) is 14.6. The van der Waals surface area contributed by atoms with Crippen molar-refractivity contribution in [3.8, 4) is 16.6 Å². The molecule has 0 spiro atoms. The number of nitrogens with one attached hydrogen (secondary N) is 2. The van der Waals surface area contributed by atoms with E-state index in [9.17, 15) is 14.4 Å². The number of thiazole rings is 1. The minimum absolute atomic E-state index is 0.269. The van der Waals surface area contributed by atoms with E-state index in [1.54, 1.807) is 29.7 Å². The number of para-hydroxylation sites is 2. The second-order valence-corrected chi connectivity index (χ2v) is 11.9. The van der Waals surface area contributed by atoms with E-state index in [0.29, 0.717) is 51.9 Å². The van der Waals surface area contributed by atoms with E-state index in [-0.39, 0.29) is 17.7 Å². The number of aryl methyl sites for hydroxylation is 2. The van der Waals surface area contributed by atoms with Crippen LogP contribution in [-0.4, -0.2) is 44.0 Å². The standard InChI is InChI=1S/C34H30N6O5S/c1-20-32-27(17-31(42)38(20)15-14-21-18-35-24-9-5-4-8-23(21)24)39(19-30(41)36-26-16-22(44-2)12-13-28(26)45-3)40(33(32)43)34-37-25-10-6-7-11-29(25)46-34/h4-13,16-18,35H,14-15,19H2,1-3H3,(H,36,41). The topological polar surface area (TPSA) is 125 Å². The van der Waals surface area contributed by atoms with Crippen LogP contribution in [0.5, 0.6) is 11.5 Å². The molecule has 0 radical (unpaired) electrons. The molecule has 0 aliphatic heterocycles. The number of ether oxygens (including phenoxy) is 2. The summed E-state index contributed by atoms with van der Waals surface area (Å²) in [7, 11) is 3.04. The number of hydrogen-bond donors (Lipinski definition) is 2. The second kappa shape index (κ2) is 11.7. The first kappa shape index (κ1) is 29.1. The smallest absolute Gasteiger partial charge is 0.283 e. The lowest BCUT2D eigenvalue weighted by Gasteiger charge is -2.14. The number of methoxy groups -OCH3 is 2. The van der Waals surface area contributed by atoms with Gasteiger partial charge in [-0.1, -0.05) is 41.7 Å². The number of nitrogens with zero attached hydrogens (tertiary/aromatic N) is 4. The van der Waals surface area contributed by atoms with Crippen LogP contribution >= 0.6 is 11.3 Å². The third kappa shape index (κ3) is 5.02. The maximum absolute atomic E-state index is 14.3. The van der Waals surface area contributed by atoms with Crippen LogP contribution in [0.3, 0.4) is 0 Å². The maximum Gasteiger partial charge on any atom is 0.283 e. The molecular formula is C34H30N6O5S. The lowest BCUT2D eigenvalue weighted by molar-refractivity contribution is -0.116. The van der Waals surface area contributed by atoms with Crippen LogP contribution in [0.1, 0.15) is 11.3 Å². The molecule has 0 aliphatic carbocycles. The number of rotatable bonds is 9. The maximum atomic E-state index is 14.3. The molecule has 2 N–H and O–H groups in total. The first-order chi connectivity index (χ1) is 22.4. The average molecular weight is 635 g/mol. The van der Waals surface area contributed by atoms with Crippen molar-refractivity contribution >= 4 is 55.0 Å². The SMILES string of the molecule is COc1ccc(OC)c(NC(=O)Cn2c3cc(=O)n(CCc4c[nH]c5ccccc45)c(C)c3c(=O)n2-c2nc3ccccc3s2)c1. The summed E-state index contributed by atoms with van der Waals surface area (Å²) in [6.45, 7) is 1.88. The number of H-pyrrole nitrogens is 1. The third-order valence-corrected chi connectivity index (χ3v) is 9.20. The Labute approximate surface area is 266 Å². The van der Waals surface area contributed by atoms with Crippen LogP contribution < -0.4 is 25.9 Å². The van der Waals surface area contributed by atoms with E-state index >= 15 is 0 Å². The van der Waals surface area contributed by atoms with Crippen molar-refractivity contribution in [2.75, 3.05) is 19.5 Å². The monoisotopic (exact) mass is 634 g/mol. The number of aromatic nitrogens is 5. The molecule has 0 unspecified atom stereocenters. The molecule has 1 amide bonds. The van der Waals surface area contributed by atoms with Crippen LogP contribution in [0.4, 0.5) is 5.69 Å². The number of carbonyl (C=O) groups is 1. The number of anilines is 1. The van der Waals surface area contributed by atoms with Crippen LogP contribution in [0.25, 0.3) is 37.2 Å². The van der Waals surface area contributed by atoms with Gasteiger partial charge in [-0.05, 0) is 49.2 Å². The van der Waals surface area contributed by atoms with Gasteiger partial charge in [0.25, 0.3) is 11.1 Å². The van der Waals surface area contributed by atoms with Crippen molar-refractivity contribution in [2.24, 2.45) is 0 Å². The second-order valence-electron chi connectivity index (χ2n) is 10.8. The van der Waals surface area contributed by atoms with Crippen molar-refractivity contribution < 1.29 is 14.3 Å². The van der Waals surface area contributed by atoms with Gasteiger partial charge in [0.1, 0.15) is 18.0 Å². The van der Waals surface area contributed by atoms with Gasteiger partial charge in [-0.2, -0.15) is 4.68 Å². The predicted molar refractivity (Wildman–Crippen MR) is 180 cm³/mol. The number of amides is 1. The van der Waals surface area contributed by atoms with Gasteiger partial charge in [0, 0.05) is 41.5 Å². The molecule has 3 aromatic carbocycles.